The number of nitrogens with zero attached hydrogens (tertiary/aromatic N) is 1. The SMILES string of the molecule is Cc1c(Cl)cccc1NC(=O)c1cccc(S(=O)(=O)N2C[C@@H](C)O[C@H](C)C2)c1. The predicted molar refractivity (Wildman–Crippen MR) is 109 cm³/mol. The van der Waals surface area contributed by atoms with Crippen molar-refractivity contribution in [2.75, 3.05) is 18.4 Å². The van der Waals surface area contributed by atoms with Gasteiger partial charge in [-0.05, 0) is 56.7 Å². The normalized spacial score (nSPS) is 20.7. The van der Waals surface area contributed by atoms with Crippen molar-refractivity contribution in [1.29, 1.82) is 0 Å². The Kier molecular flexibility index (Phi) is 6.09. The summed E-state index contributed by atoms with van der Waals surface area (Å²) in [6.07, 6.45) is -0.369. The minimum atomic E-state index is -3.72. The standard InChI is InChI=1S/C20H23ClN2O4S/c1-13-11-23(12-14(2)27-13)28(25,26)17-7-4-6-16(10-17)20(24)22-19-9-5-8-18(21)15(19)3/h4-10,13-14H,11-12H2,1-3H3,(H,22,24)/t13-,14-/m1/s1. The minimum absolute atomic E-state index is 0.0873. The van der Waals surface area contributed by atoms with Crippen LogP contribution < -0.4 is 5.32 Å². The molecular weight excluding hydrogens is 400 g/mol. The third-order valence-electron chi connectivity index (χ3n) is 4.64. The summed E-state index contributed by atoms with van der Waals surface area (Å²) < 4.78 is 33.1. The van der Waals surface area contributed by atoms with E-state index >= 15 is 0 Å². The highest BCUT2D eigenvalue weighted by Gasteiger charge is 2.32. The zero-order valence-corrected chi connectivity index (χ0v) is 17.5. The second kappa shape index (κ2) is 8.21. The van der Waals surface area contributed by atoms with E-state index in [1.54, 1.807) is 37.3 Å². The molecule has 1 fully saturated rings. The van der Waals surface area contributed by atoms with E-state index in [1.807, 2.05) is 13.8 Å². The van der Waals surface area contributed by atoms with Crippen LogP contribution in [0.5, 0.6) is 0 Å². The number of nitrogens with one attached hydrogen (secondary N) is 1. The number of morpholine rings is 1. The quantitative estimate of drug-likeness (QED) is 0.815. The van der Waals surface area contributed by atoms with Gasteiger partial charge in [0.05, 0.1) is 17.1 Å². The maximum atomic E-state index is 13.0. The summed E-state index contributed by atoms with van der Waals surface area (Å²) in [5.74, 6) is -0.397. The minimum Gasteiger partial charge on any atom is -0.373 e. The Bertz CT molecular complexity index is 983. The Balaban J connectivity index is 1.85. The topological polar surface area (TPSA) is 75.7 Å². The van der Waals surface area contributed by atoms with Gasteiger partial charge in [0.25, 0.3) is 5.91 Å². The summed E-state index contributed by atoms with van der Waals surface area (Å²) in [6.45, 7) is 6.06. The van der Waals surface area contributed by atoms with Crippen molar-refractivity contribution in [1.82, 2.24) is 4.31 Å². The number of carbonyl (C=O) groups is 1. The lowest BCUT2D eigenvalue weighted by Crippen LogP contribution is -2.48. The largest absolute Gasteiger partial charge is 0.373 e. The van der Waals surface area contributed by atoms with Crippen molar-refractivity contribution in [3.8, 4) is 0 Å². The van der Waals surface area contributed by atoms with Crippen LogP contribution in [0.25, 0.3) is 0 Å². The molecular formula is C20H23ClN2O4S. The van der Waals surface area contributed by atoms with Crippen LogP contribution in [0, 0.1) is 6.92 Å². The molecule has 6 nitrogen and oxygen atoms in total. The van der Waals surface area contributed by atoms with Gasteiger partial charge >= 0.3 is 0 Å². The third-order valence-corrected chi connectivity index (χ3v) is 6.87. The molecule has 28 heavy (non-hydrogen) atoms. The van der Waals surface area contributed by atoms with Crippen molar-refractivity contribution >= 4 is 33.2 Å². The number of rotatable bonds is 4. The number of halogens is 1. The van der Waals surface area contributed by atoms with Gasteiger partial charge in [-0.3, -0.25) is 4.79 Å². The fourth-order valence-corrected chi connectivity index (χ4v) is 5.02. The van der Waals surface area contributed by atoms with Gasteiger partial charge < -0.3 is 10.1 Å². The Hall–Kier alpha value is -1.93. The van der Waals surface area contributed by atoms with Crippen LogP contribution in [-0.2, 0) is 14.8 Å². The van der Waals surface area contributed by atoms with Crippen LogP contribution in [0.1, 0.15) is 29.8 Å². The first-order valence-corrected chi connectivity index (χ1v) is 10.8. The molecule has 1 N–H and O–H groups in total. The molecule has 8 heteroatoms. The number of hydrogen-bond donors (Lipinski definition) is 1. The lowest BCUT2D eigenvalue weighted by Gasteiger charge is -2.34. The van der Waals surface area contributed by atoms with Crippen LogP contribution in [0.2, 0.25) is 5.02 Å². The van der Waals surface area contributed by atoms with E-state index in [-0.39, 0.29) is 35.8 Å². The maximum Gasteiger partial charge on any atom is 0.255 e. The highest BCUT2D eigenvalue weighted by atomic mass is 35.5. The number of benzene rings is 2. The molecule has 1 aliphatic rings. The average molecular weight is 423 g/mol. The molecule has 1 saturated heterocycles. The average Bonchev–Trinajstić information content (AvgIpc) is 2.64. The number of anilines is 1. The number of sulfonamides is 1. The first kappa shape index (κ1) is 20.8. The summed E-state index contributed by atoms with van der Waals surface area (Å²) in [4.78, 5) is 12.7. The highest BCUT2D eigenvalue weighted by molar-refractivity contribution is 7.89. The van der Waals surface area contributed by atoms with Crippen molar-refractivity contribution in [2.45, 2.75) is 37.9 Å². The van der Waals surface area contributed by atoms with E-state index in [4.69, 9.17) is 16.3 Å². The van der Waals surface area contributed by atoms with Crippen molar-refractivity contribution in [3.63, 3.8) is 0 Å². The molecule has 0 aliphatic carbocycles. The fourth-order valence-electron chi connectivity index (χ4n) is 3.21. The van der Waals surface area contributed by atoms with E-state index in [1.165, 1.54) is 16.4 Å². The van der Waals surface area contributed by atoms with Crippen molar-refractivity contribution in [3.05, 3.63) is 58.6 Å². The van der Waals surface area contributed by atoms with Crippen LogP contribution in [0.3, 0.4) is 0 Å². The smallest absolute Gasteiger partial charge is 0.255 e. The van der Waals surface area contributed by atoms with Crippen LogP contribution in [-0.4, -0.2) is 43.9 Å². The zero-order chi connectivity index (χ0) is 20.5. The molecule has 150 valence electrons. The fraction of sp³-hybridized carbons (Fsp3) is 0.350. The molecule has 0 radical (unpaired) electrons. The zero-order valence-electron chi connectivity index (χ0n) is 16.0. The lowest BCUT2D eigenvalue weighted by molar-refractivity contribution is -0.0440. The van der Waals surface area contributed by atoms with Crippen LogP contribution in [0.15, 0.2) is 47.4 Å². The van der Waals surface area contributed by atoms with E-state index in [0.29, 0.717) is 10.7 Å². The molecule has 2 atom stereocenters. The van der Waals surface area contributed by atoms with E-state index in [9.17, 15) is 13.2 Å². The summed E-state index contributed by atoms with van der Waals surface area (Å²) in [6, 6.07) is 11.3. The van der Waals surface area contributed by atoms with Gasteiger partial charge in [0.1, 0.15) is 0 Å². The first-order chi connectivity index (χ1) is 13.2. The monoisotopic (exact) mass is 422 g/mol. The molecule has 0 spiro atoms. The van der Waals surface area contributed by atoms with E-state index < -0.39 is 15.9 Å². The van der Waals surface area contributed by atoms with Gasteiger partial charge in [0, 0.05) is 29.4 Å². The molecule has 1 amide bonds. The van der Waals surface area contributed by atoms with Crippen molar-refractivity contribution < 1.29 is 17.9 Å². The third kappa shape index (κ3) is 4.38. The highest BCUT2D eigenvalue weighted by Crippen LogP contribution is 2.25. The molecule has 0 bridgehead atoms. The Morgan fingerprint density at radius 1 is 1.14 bits per heavy atom. The summed E-state index contributed by atoms with van der Waals surface area (Å²) in [5, 5.41) is 3.33. The second-order valence-corrected chi connectivity index (χ2v) is 9.32. The number of carbonyl (C=O) groups excluding carboxylic acids is 1. The van der Waals surface area contributed by atoms with Crippen LogP contribution >= 0.6 is 11.6 Å². The molecule has 2 aromatic rings. The Morgan fingerprint density at radius 2 is 1.79 bits per heavy atom. The number of amides is 1. The van der Waals surface area contributed by atoms with Gasteiger partial charge in [0.15, 0.2) is 0 Å². The number of ether oxygens (including phenoxy) is 1. The Labute approximate surface area is 170 Å². The first-order valence-electron chi connectivity index (χ1n) is 9.00. The maximum absolute atomic E-state index is 13.0. The molecule has 0 saturated carbocycles. The van der Waals surface area contributed by atoms with E-state index in [2.05, 4.69) is 5.32 Å². The molecule has 0 unspecified atom stereocenters. The van der Waals surface area contributed by atoms with Gasteiger partial charge in [0.2, 0.25) is 10.0 Å². The summed E-state index contributed by atoms with van der Waals surface area (Å²) in [7, 11) is -3.72. The summed E-state index contributed by atoms with van der Waals surface area (Å²) in [5.41, 5.74) is 1.59. The van der Waals surface area contributed by atoms with Crippen LogP contribution in [0.4, 0.5) is 5.69 Å². The molecule has 0 aromatic heterocycles. The number of hydrogen-bond acceptors (Lipinski definition) is 4. The van der Waals surface area contributed by atoms with Gasteiger partial charge in [-0.2, -0.15) is 4.31 Å². The molecule has 1 aliphatic heterocycles. The lowest BCUT2D eigenvalue weighted by atomic mass is 10.1. The van der Waals surface area contributed by atoms with Crippen molar-refractivity contribution in [2.24, 2.45) is 0 Å². The molecule has 2 aromatic carbocycles. The molecule has 1 heterocycles. The van der Waals surface area contributed by atoms with Gasteiger partial charge in [-0.1, -0.05) is 23.7 Å². The van der Waals surface area contributed by atoms with E-state index in [0.717, 1.165) is 5.56 Å². The summed E-state index contributed by atoms with van der Waals surface area (Å²) >= 11 is 6.09. The predicted octanol–water partition coefficient (Wildman–Crippen LogP) is 3.70. The second-order valence-electron chi connectivity index (χ2n) is 6.97. The van der Waals surface area contributed by atoms with Gasteiger partial charge in [-0.15, -0.1) is 0 Å². The molecule has 3 rings (SSSR count). The Morgan fingerprint density at radius 3 is 2.46 bits per heavy atom. The van der Waals surface area contributed by atoms with Gasteiger partial charge in [-0.25, -0.2) is 8.42 Å².